The quantitative estimate of drug-likeness (QED) is 0.751. The van der Waals surface area contributed by atoms with Gasteiger partial charge in [0.2, 0.25) is 0 Å². The van der Waals surface area contributed by atoms with Crippen molar-refractivity contribution in [2.45, 2.75) is 65.5 Å². The van der Waals surface area contributed by atoms with Crippen LogP contribution in [-0.4, -0.2) is 48.1 Å². The third-order valence-corrected chi connectivity index (χ3v) is 5.46. The maximum Gasteiger partial charge on any atom is 0.0304 e. The molecular weight excluding hydrogens is 252 g/mol. The first-order valence-corrected chi connectivity index (χ1v) is 9.26. The number of piperazine rings is 1. The van der Waals surface area contributed by atoms with Crippen molar-refractivity contribution in [3.8, 4) is 0 Å². The zero-order chi connectivity index (χ0) is 14.5. The van der Waals surface area contributed by atoms with E-state index < -0.39 is 0 Å². The summed E-state index contributed by atoms with van der Waals surface area (Å²) in [5.74, 6) is 1.28. The average Bonchev–Trinajstić information content (AvgIpc) is 2.37. The molecule has 0 amide bonds. The second kappa shape index (κ2) is 7.33. The van der Waals surface area contributed by atoms with E-state index in [1.807, 2.05) is 11.8 Å². The van der Waals surface area contributed by atoms with E-state index in [0.29, 0.717) is 17.0 Å². The fourth-order valence-electron chi connectivity index (χ4n) is 3.22. The molecule has 0 aromatic heterocycles. The SMILES string of the molecule is CCC1(CC)CN(CCCSC)C(C(C)(C)C)CN1. The van der Waals surface area contributed by atoms with E-state index in [-0.39, 0.29) is 0 Å². The van der Waals surface area contributed by atoms with E-state index in [2.05, 4.69) is 51.1 Å². The predicted octanol–water partition coefficient (Wildman–Crippen LogP) is 3.62. The number of hydrogen-bond acceptors (Lipinski definition) is 3. The largest absolute Gasteiger partial charge is 0.308 e. The fraction of sp³-hybridized carbons (Fsp3) is 1.00. The van der Waals surface area contributed by atoms with Crippen LogP contribution in [0.5, 0.6) is 0 Å². The Bertz CT molecular complexity index is 256. The monoisotopic (exact) mass is 286 g/mol. The Morgan fingerprint density at radius 3 is 2.37 bits per heavy atom. The molecule has 0 aromatic carbocycles. The van der Waals surface area contributed by atoms with E-state index in [4.69, 9.17) is 0 Å². The molecule has 19 heavy (non-hydrogen) atoms. The zero-order valence-corrected chi connectivity index (χ0v) is 14.7. The molecule has 1 aliphatic rings. The molecule has 114 valence electrons. The Hall–Kier alpha value is 0.270. The molecule has 1 unspecified atom stereocenters. The van der Waals surface area contributed by atoms with Crippen LogP contribution in [0.1, 0.15) is 53.9 Å². The Balaban J connectivity index is 2.74. The number of thioether (sulfide) groups is 1. The highest BCUT2D eigenvalue weighted by molar-refractivity contribution is 7.98. The highest BCUT2D eigenvalue weighted by atomic mass is 32.2. The van der Waals surface area contributed by atoms with Crippen molar-refractivity contribution in [2.24, 2.45) is 5.41 Å². The Morgan fingerprint density at radius 1 is 1.26 bits per heavy atom. The molecule has 1 fully saturated rings. The number of nitrogens with zero attached hydrogens (tertiary/aromatic N) is 1. The van der Waals surface area contributed by atoms with Gasteiger partial charge in [0.25, 0.3) is 0 Å². The maximum absolute atomic E-state index is 3.86. The summed E-state index contributed by atoms with van der Waals surface area (Å²) < 4.78 is 0. The normalized spacial score (nSPS) is 24.6. The number of nitrogens with one attached hydrogen (secondary N) is 1. The second-order valence-electron chi connectivity index (χ2n) is 7.07. The minimum Gasteiger partial charge on any atom is -0.308 e. The first kappa shape index (κ1) is 17.3. The molecule has 1 N–H and O–H groups in total. The molecule has 0 saturated carbocycles. The van der Waals surface area contributed by atoms with Crippen LogP contribution >= 0.6 is 11.8 Å². The summed E-state index contributed by atoms with van der Waals surface area (Å²) in [5, 5.41) is 3.86. The van der Waals surface area contributed by atoms with Gasteiger partial charge in [-0.2, -0.15) is 11.8 Å². The summed E-state index contributed by atoms with van der Waals surface area (Å²) in [6.07, 6.45) is 6.00. The second-order valence-corrected chi connectivity index (χ2v) is 8.05. The molecule has 0 bridgehead atoms. The molecule has 3 heteroatoms. The number of hydrogen-bond donors (Lipinski definition) is 1. The van der Waals surface area contributed by atoms with Gasteiger partial charge in [0.15, 0.2) is 0 Å². The first-order chi connectivity index (χ1) is 8.88. The van der Waals surface area contributed by atoms with E-state index >= 15 is 0 Å². The molecule has 0 aliphatic carbocycles. The lowest BCUT2D eigenvalue weighted by atomic mass is 9.80. The molecule has 1 rings (SSSR count). The van der Waals surface area contributed by atoms with Crippen LogP contribution < -0.4 is 5.32 Å². The summed E-state index contributed by atoms with van der Waals surface area (Å²) in [5.41, 5.74) is 0.709. The van der Waals surface area contributed by atoms with Crippen molar-refractivity contribution >= 4 is 11.8 Å². The first-order valence-electron chi connectivity index (χ1n) is 7.86. The minimum atomic E-state index is 0.348. The summed E-state index contributed by atoms with van der Waals surface area (Å²) in [4.78, 5) is 2.76. The smallest absolute Gasteiger partial charge is 0.0304 e. The van der Waals surface area contributed by atoms with Crippen LogP contribution in [0.4, 0.5) is 0 Å². The van der Waals surface area contributed by atoms with Crippen molar-refractivity contribution in [1.82, 2.24) is 10.2 Å². The minimum absolute atomic E-state index is 0.348. The van der Waals surface area contributed by atoms with Gasteiger partial charge in [-0.3, -0.25) is 4.90 Å². The van der Waals surface area contributed by atoms with E-state index in [9.17, 15) is 0 Å². The highest BCUT2D eigenvalue weighted by Gasteiger charge is 2.40. The molecule has 1 heterocycles. The van der Waals surface area contributed by atoms with Crippen LogP contribution in [-0.2, 0) is 0 Å². The topological polar surface area (TPSA) is 15.3 Å². The van der Waals surface area contributed by atoms with Gasteiger partial charge in [0, 0.05) is 24.7 Å². The average molecular weight is 287 g/mol. The van der Waals surface area contributed by atoms with E-state index in [1.165, 1.54) is 38.1 Å². The lowest BCUT2D eigenvalue weighted by Crippen LogP contribution is -2.66. The van der Waals surface area contributed by atoms with Crippen molar-refractivity contribution in [3.05, 3.63) is 0 Å². The lowest BCUT2D eigenvalue weighted by Gasteiger charge is -2.51. The maximum atomic E-state index is 3.86. The Labute approximate surface area is 125 Å². The van der Waals surface area contributed by atoms with Gasteiger partial charge in [-0.15, -0.1) is 0 Å². The van der Waals surface area contributed by atoms with Crippen molar-refractivity contribution in [1.29, 1.82) is 0 Å². The highest BCUT2D eigenvalue weighted by Crippen LogP contribution is 2.31. The standard InChI is InChI=1S/C16H34N2S/c1-7-16(8-2)13-18(10-9-11-19-6)14(12-17-16)15(3,4)5/h14,17H,7-13H2,1-6H3. The Kier molecular flexibility index (Phi) is 6.68. The van der Waals surface area contributed by atoms with Crippen molar-refractivity contribution in [2.75, 3.05) is 31.6 Å². The third-order valence-electron chi connectivity index (χ3n) is 4.76. The van der Waals surface area contributed by atoms with Gasteiger partial charge in [0.05, 0.1) is 0 Å². The summed E-state index contributed by atoms with van der Waals surface area (Å²) in [6.45, 7) is 15.4. The molecule has 0 aromatic rings. The summed E-state index contributed by atoms with van der Waals surface area (Å²) >= 11 is 1.97. The summed E-state index contributed by atoms with van der Waals surface area (Å²) in [6, 6.07) is 0.667. The fourth-order valence-corrected chi connectivity index (χ4v) is 3.64. The van der Waals surface area contributed by atoms with Gasteiger partial charge < -0.3 is 5.32 Å². The van der Waals surface area contributed by atoms with Crippen LogP contribution in [0.3, 0.4) is 0 Å². The van der Waals surface area contributed by atoms with Crippen LogP contribution in [0, 0.1) is 5.41 Å². The molecule has 1 atom stereocenters. The molecule has 1 saturated heterocycles. The van der Waals surface area contributed by atoms with Crippen molar-refractivity contribution in [3.63, 3.8) is 0 Å². The van der Waals surface area contributed by atoms with Gasteiger partial charge in [-0.25, -0.2) is 0 Å². The molecule has 0 spiro atoms. The Morgan fingerprint density at radius 2 is 1.89 bits per heavy atom. The van der Waals surface area contributed by atoms with Gasteiger partial charge in [0.1, 0.15) is 0 Å². The lowest BCUT2D eigenvalue weighted by molar-refractivity contribution is 0.0192. The number of rotatable bonds is 6. The molecule has 0 radical (unpaired) electrons. The molecule has 2 nitrogen and oxygen atoms in total. The zero-order valence-electron chi connectivity index (χ0n) is 13.9. The van der Waals surface area contributed by atoms with Gasteiger partial charge in [-0.05, 0) is 43.2 Å². The van der Waals surface area contributed by atoms with Crippen LogP contribution in [0.15, 0.2) is 0 Å². The predicted molar refractivity (Wildman–Crippen MR) is 89.1 cm³/mol. The molecule has 1 aliphatic heterocycles. The third kappa shape index (κ3) is 4.64. The molecular formula is C16H34N2S. The van der Waals surface area contributed by atoms with Gasteiger partial charge >= 0.3 is 0 Å². The van der Waals surface area contributed by atoms with Crippen LogP contribution in [0.2, 0.25) is 0 Å². The van der Waals surface area contributed by atoms with Crippen LogP contribution in [0.25, 0.3) is 0 Å². The van der Waals surface area contributed by atoms with E-state index in [1.54, 1.807) is 0 Å². The van der Waals surface area contributed by atoms with Gasteiger partial charge in [-0.1, -0.05) is 34.6 Å². The van der Waals surface area contributed by atoms with Crippen molar-refractivity contribution < 1.29 is 0 Å². The van der Waals surface area contributed by atoms with E-state index in [0.717, 1.165) is 6.54 Å². The summed E-state index contributed by atoms with van der Waals surface area (Å²) in [7, 11) is 0.